The Morgan fingerprint density at radius 1 is 1.00 bits per heavy atom. The van der Waals surface area contributed by atoms with E-state index in [-0.39, 0.29) is 30.6 Å². The number of amides is 2. The zero-order valence-corrected chi connectivity index (χ0v) is 13.2. The Hall–Kier alpha value is -2.69. The van der Waals surface area contributed by atoms with Gasteiger partial charge in [0.15, 0.2) is 0 Å². The molecule has 2 N–H and O–H groups in total. The van der Waals surface area contributed by atoms with E-state index < -0.39 is 0 Å². The fraction of sp³-hybridized carbons (Fsp3) is 0.222. The summed E-state index contributed by atoms with van der Waals surface area (Å²) in [6.07, 6.45) is -0.255. The number of rotatable bonds is 5. The number of hydrogen-bond donors (Lipinski definition) is 2. The lowest BCUT2D eigenvalue weighted by Gasteiger charge is -2.10. The summed E-state index contributed by atoms with van der Waals surface area (Å²) in [4.78, 5) is 23.7. The highest BCUT2D eigenvalue weighted by atomic mass is 19.1. The van der Waals surface area contributed by atoms with Crippen LogP contribution in [-0.4, -0.2) is 11.8 Å². The van der Waals surface area contributed by atoms with E-state index >= 15 is 0 Å². The van der Waals surface area contributed by atoms with Crippen LogP contribution in [0.2, 0.25) is 0 Å². The van der Waals surface area contributed by atoms with E-state index in [1.54, 1.807) is 12.1 Å². The maximum atomic E-state index is 12.8. The number of carbonyl (C=O) groups excluding carboxylic acids is 2. The average molecular weight is 314 g/mol. The number of hydrogen-bond acceptors (Lipinski definition) is 2. The summed E-state index contributed by atoms with van der Waals surface area (Å²) >= 11 is 0. The molecule has 0 aliphatic rings. The topological polar surface area (TPSA) is 58.2 Å². The fourth-order valence-electron chi connectivity index (χ4n) is 2.08. The maximum Gasteiger partial charge on any atom is 0.233 e. The van der Waals surface area contributed by atoms with Crippen molar-refractivity contribution >= 4 is 17.5 Å². The standard InChI is InChI=1S/C18H19FN2O2/c1-12-3-4-13(2)16(9-12)21-18(23)10-17(22)20-11-14-5-7-15(19)8-6-14/h3-9H,10-11H2,1-2H3,(H,20,22)(H,21,23). The molecule has 0 aliphatic carbocycles. The van der Waals surface area contributed by atoms with Gasteiger partial charge in [0.05, 0.1) is 0 Å². The van der Waals surface area contributed by atoms with Gasteiger partial charge in [-0.3, -0.25) is 9.59 Å². The van der Waals surface area contributed by atoms with Crippen LogP contribution in [0.25, 0.3) is 0 Å². The average Bonchev–Trinajstić information content (AvgIpc) is 2.50. The Kier molecular flexibility index (Phi) is 5.46. The molecule has 23 heavy (non-hydrogen) atoms. The molecule has 0 saturated carbocycles. The smallest absolute Gasteiger partial charge is 0.233 e. The minimum Gasteiger partial charge on any atom is -0.352 e. The molecule has 120 valence electrons. The van der Waals surface area contributed by atoms with E-state index in [1.807, 2.05) is 32.0 Å². The second-order valence-corrected chi connectivity index (χ2v) is 5.45. The van der Waals surface area contributed by atoms with Crippen molar-refractivity contribution < 1.29 is 14.0 Å². The normalized spacial score (nSPS) is 10.2. The third-order valence-electron chi connectivity index (χ3n) is 3.39. The monoisotopic (exact) mass is 314 g/mol. The summed E-state index contributed by atoms with van der Waals surface area (Å²) < 4.78 is 12.8. The highest BCUT2D eigenvalue weighted by Gasteiger charge is 2.10. The lowest BCUT2D eigenvalue weighted by atomic mass is 10.1. The van der Waals surface area contributed by atoms with Gasteiger partial charge in [0.1, 0.15) is 12.2 Å². The largest absolute Gasteiger partial charge is 0.352 e. The van der Waals surface area contributed by atoms with Crippen LogP contribution in [0.4, 0.5) is 10.1 Å². The Morgan fingerprint density at radius 3 is 2.39 bits per heavy atom. The van der Waals surface area contributed by atoms with Gasteiger partial charge >= 0.3 is 0 Å². The molecule has 0 unspecified atom stereocenters. The van der Waals surface area contributed by atoms with Gasteiger partial charge in [0, 0.05) is 12.2 Å². The fourth-order valence-corrected chi connectivity index (χ4v) is 2.08. The number of halogens is 1. The van der Waals surface area contributed by atoms with E-state index in [0.717, 1.165) is 16.7 Å². The molecule has 0 saturated heterocycles. The molecule has 0 spiro atoms. The number of carbonyl (C=O) groups is 2. The van der Waals surface area contributed by atoms with Gasteiger partial charge in [-0.05, 0) is 48.7 Å². The molecular formula is C18H19FN2O2. The maximum absolute atomic E-state index is 12.8. The number of aryl methyl sites for hydroxylation is 2. The van der Waals surface area contributed by atoms with Crippen molar-refractivity contribution in [2.75, 3.05) is 5.32 Å². The quantitative estimate of drug-likeness (QED) is 0.833. The van der Waals surface area contributed by atoms with Crippen LogP contribution in [0.15, 0.2) is 42.5 Å². The molecule has 0 heterocycles. The summed E-state index contributed by atoms with van der Waals surface area (Å²) in [5.74, 6) is -1.07. The minimum absolute atomic E-state index is 0.255. The van der Waals surface area contributed by atoms with Crippen molar-refractivity contribution in [1.82, 2.24) is 5.32 Å². The molecule has 2 aromatic rings. The van der Waals surface area contributed by atoms with Crippen molar-refractivity contribution in [3.8, 4) is 0 Å². The van der Waals surface area contributed by atoms with E-state index in [2.05, 4.69) is 10.6 Å². The van der Waals surface area contributed by atoms with Gasteiger partial charge in [-0.25, -0.2) is 4.39 Å². The molecule has 0 radical (unpaired) electrons. The summed E-state index contributed by atoms with van der Waals surface area (Å²) in [5, 5.41) is 5.38. The summed E-state index contributed by atoms with van der Waals surface area (Å²) in [5.41, 5.74) is 3.46. The third-order valence-corrected chi connectivity index (χ3v) is 3.39. The van der Waals surface area contributed by atoms with Gasteiger partial charge in [0.2, 0.25) is 11.8 Å². The third kappa shape index (κ3) is 5.21. The zero-order chi connectivity index (χ0) is 16.8. The van der Waals surface area contributed by atoms with Crippen molar-refractivity contribution in [1.29, 1.82) is 0 Å². The Morgan fingerprint density at radius 2 is 1.70 bits per heavy atom. The molecule has 2 aromatic carbocycles. The van der Waals surface area contributed by atoms with Crippen LogP contribution >= 0.6 is 0 Å². The van der Waals surface area contributed by atoms with Crippen LogP contribution in [0.1, 0.15) is 23.1 Å². The first-order valence-electron chi connectivity index (χ1n) is 7.32. The molecule has 5 heteroatoms. The van der Waals surface area contributed by atoms with Crippen molar-refractivity contribution in [3.05, 3.63) is 65.0 Å². The molecule has 0 bridgehead atoms. The molecule has 0 aliphatic heterocycles. The number of anilines is 1. The Balaban J connectivity index is 1.83. The van der Waals surface area contributed by atoms with Crippen LogP contribution in [0.3, 0.4) is 0 Å². The summed E-state index contributed by atoms with van der Waals surface area (Å²) in [6, 6.07) is 11.6. The first-order valence-corrected chi connectivity index (χ1v) is 7.32. The first kappa shape index (κ1) is 16.7. The van der Waals surface area contributed by atoms with Gasteiger partial charge < -0.3 is 10.6 Å². The Labute approximate surface area is 134 Å². The predicted octanol–water partition coefficient (Wildman–Crippen LogP) is 3.09. The van der Waals surface area contributed by atoms with Gasteiger partial charge in [-0.1, -0.05) is 24.3 Å². The molecule has 4 nitrogen and oxygen atoms in total. The SMILES string of the molecule is Cc1ccc(C)c(NC(=O)CC(=O)NCc2ccc(F)cc2)c1. The van der Waals surface area contributed by atoms with Gasteiger partial charge in [-0.15, -0.1) is 0 Å². The first-order chi connectivity index (χ1) is 10.9. The van der Waals surface area contributed by atoms with Crippen molar-refractivity contribution in [3.63, 3.8) is 0 Å². The van der Waals surface area contributed by atoms with Gasteiger partial charge in [0.25, 0.3) is 0 Å². The second kappa shape index (κ2) is 7.54. The summed E-state index contributed by atoms with van der Waals surface area (Å²) in [7, 11) is 0. The molecule has 0 fully saturated rings. The van der Waals surface area contributed by atoms with Crippen LogP contribution < -0.4 is 10.6 Å². The lowest BCUT2D eigenvalue weighted by molar-refractivity contribution is -0.126. The molecule has 0 aromatic heterocycles. The van der Waals surface area contributed by atoms with E-state index in [1.165, 1.54) is 12.1 Å². The molecule has 0 atom stereocenters. The molecule has 2 rings (SSSR count). The predicted molar refractivity (Wildman–Crippen MR) is 87.4 cm³/mol. The molecule has 2 amide bonds. The number of nitrogens with one attached hydrogen (secondary N) is 2. The zero-order valence-electron chi connectivity index (χ0n) is 13.2. The summed E-state index contributed by atoms with van der Waals surface area (Å²) in [6.45, 7) is 4.09. The van der Waals surface area contributed by atoms with Crippen LogP contribution in [-0.2, 0) is 16.1 Å². The highest BCUT2D eigenvalue weighted by Crippen LogP contribution is 2.16. The van der Waals surface area contributed by atoms with E-state index in [9.17, 15) is 14.0 Å². The Bertz CT molecular complexity index is 711. The minimum atomic E-state index is -0.378. The van der Waals surface area contributed by atoms with E-state index in [0.29, 0.717) is 5.69 Å². The van der Waals surface area contributed by atoms with Gasteiger partial charge in [-0.2, -0.15) is 0 Å². The van der Waals surface area contributed by atoms with Crippen LogP contribution in [0.5, 0.6) is 0 Å². The van der Waals surface area contributed by atoms with Crippen molar-refractivity contribution in [2.24, 2.45) is 0 Å². The van der Waals surface area contributed by atoms with E-state index in [4.69, 9.17) is 0 Å². The highest BCUT2D eigenvalue weighted by molar-refractivity contribution is 6.03. The lowest BCUT2D eigenvalue weighted by Crippen LogP contribution is -2.27. The second-order valence-electron chi connectivity index (χ2n) is 5.45. The molecular weight excluding hydrogens is 295 g/mol. The van der Waals surface area contributed by atoms with Crippen LogP contribution in [0, 0.1) is 19.7 Å². The van der Waals surface area contributed by atoms with Crippen molar-refractivity contribution in [2.45, 2.75) is 26.8 Å². The number of benzene rings is 2.